The number of esters is 1. The van der Waals surface area contributed by atoms with Gasteiger partial charge in [0.25, 0.3) is 5.91 Å². The van der Waals surface area contributed by atoms with Crippen molar-refractivity contribution in [2.45, 2.75) is 6.92 Å². The Morgan fingerprint density at radius 2 is 1.79 bits per heavy atom. The van der Waals surface area contributed by atoms with Crippen molar-refractivity contribution in [1.82, 2.24) is 0 Å². The van der Waals surface area contributed by atoms with Crippen molar-refractivity contribution in [3.05, 3.63) is 72.0 Å². The van der Waals surface area contributed by atoms with Crippen LogP contribution in [-0.2, 0) is 9.53 Å². The smallest absolute Gasteiger partial charge is 0.338 e. The average Bonchev–Trinajstić information content (AvgIpc) is 3.23. The van der Waals surface area contributed by atoms with Gasteiger partial charge in [-0.3, -0.25) is 9.59 Å². The van der Waals surface area contributed by atoms with E-state index in [1.165, 1.54) is 0 Å². The van der Waals surface area contributed by atoms with Crippen LogP contribution in [0.2, 0.25) is 0 Å². The second kappa shape index (κ2) is 9.36. The van der Waals surface area contributed by atoms with E-state index in [9.17, 15) is 14.4 Å². The largest absolute Gasteiger partial charge is 0.492 e. The molecule has 29 heavy (non-hydrogen) atoms. The quantitative estimate of drug-likeness (QED) is 0.460. The van der Waals surface area contributed by atoms with Gasteiger partial charge >= 0.3 is 5.97 Å². The van der Waals surface area contributed by atoms with Crippen molar-refractivity contribution in [2.24, 2.45) is 0 Å². The van der Waals surface area contributed by atoms with Gasteiger partial charge in [0.1, 0.15) is 11.5 Å². The predicted molar refractivity (Wildman–Crippen MR) is 106 cm³/mol. The van der Waals surface area contributed by atoms with E-state index in [0.29, 0.717) is 41.2 Å². The molecule has 3 rings (SSSR count). The lowest BCUT2D eigenvalue weighted by molar-refractivity contribution is -0.119. The first kappa shape index (κ1) is 19.9. The third-order valence-electron chi connectivity index (χ3n) is 3.94. The molecule has 0 bridgehead atoms. The Kier molecular flexibility index (Phi) is 6.42. The fourth-order valence-electron chi connectivity index (χ4n) is 2.59. The molecule has 0 unspecified atom stereocenters. The van der Waals surface area contributed by atoms with Crippen molar-refractivity contribution >= 4 is 23.9 Å². The summed E-state index contributed by atoms with van der Waals surface area (Å²) in [5.74, 6) is 0.178. The molecule has 1 amide bonds. The molecule has 1 aromatic heterocycles. The van der Waals surface area contributed by atoms with Gasteiger partial charge in [-0.25, -0.2) is 4.79 Å². The number of benzene rings is 2. The fourth-order valence-corrected chi connectivity index (χ4v) is 2.59. The van der Waals surface area contributed by atoms with Crippen molar-refractivity contribution in [3.63, 3.8) is 0 Å². The van der Waals surface area contributed by atoms with E-state index < -0.39 is 18.5 Å². The molecule has 0 aliphatic rings. The third kappa shape index (κ3) is 5.10. The van der Waals surface area contributed by atoms with Crippen LogP contribution in [0.25, 0.3) is 11.3 Å². The van der Waals surface area contributed by atoms with Gasteiger partial charge in [0.15, 0.2) is 18.7 Å². The highest BCUT2D eigenvalue weighted by molar-refractivity contribution is 5.96. The lowest BCUT2D eigenvalue weighted by Gasteiger charge is -2.11. The summed E-state index contributed by atoms with van der Waals surface area (Å²) in [6.45, 7) is 1.88. The Balaban J connectivity index is 1.56. The molecule has 0 radical (unpaired) electrons. The summed E-state index contributed by atoms with van der Waals surface area (Å²) >= 11 is 0. The van der Waals surface area contributed by atoms with Gasteiger partial charge < -0.3 is 19.2 Å². The minimum absolute atomic E-state index is 0.223. The maximum Gasteiger partial charge on any atom is 0.338 e. The fraction of sp³-hybridized carbons (Fsp3) is 0.136. The van der Waals surface area contributed by atoms with E-state index >= 15 is 0 Å². The van der Waals surface area contributed by atoms with Gasteiger partial charge in [-0.15, -0.1) is 0 Å². The highest BCUT2D eigenvalue weighted by Gasteiger charge is 2.13. The van der Waals surface area contributed by atoms with Crippen molar-refractivity contribution in [3.8, 4) is 17.1 Å². The van der Waals surface area contributed by atoms with Crippen molar-refractivity contribution in [2.75, 3.05) is 18.5 Å². The summed E-state index contributed by atoms with van der Waals surface area (Å²) in [5.41, 5.74) is 1.51. The number of furan rings is 1. The van der Waals surface area contributed by atoms with Gasteiger partial charge in [-0.05, 0) is 43.3 Å². The second-order valence-electron chi connectivity index (χ2n) is 5.95. The van der Waals surface area contributed by atoms with Gasteiger partial charge in [0.2, 0.25) is 0 Å². The maximum absolute atomic E-state index is 12.2. The van der Waals surface area contributed by atoms with Gasteiger partial charge in [-0.1, -0.05) is 24.3 Å². The standard InChI is InChI=1S/C22H19NO6/c1-2-27-20-6-4-3-5-18(20)23-21(25)14-28-22(26)16-9-7-15(8-10-16)19-12-11-17(13-24)29-19/h3-13H,2,14H2,1H3,(H,23,25). The Morgan fingerprint density at radius 1 is 1.03 bits per heavy atom. The molecule has 0 fully saturated rings. The summed E-state index contributed by atoms with van der Waals surface area (Å²) in [6.07, 6.45) is 0.618. The molecule has 7 nitrogen and oxygen atoms in total. The summed E-state index contributed by atoms with van der Waals surface area (Å²) in [7, 11) is 0. The second-order valence-corrected chi connectivity index (χ2v) is 5.95. The highest BCUT2D eigenvalue weighted by atomic mass is 16.5. The molecule has 7 heteroatoms. The van der Waals surface area contributed by atoms with E-state index in [0.717, 1.165) is 0 Å². The van der Waals surface area contributed by atoms with Gasteiger partial charge in [-0.2, -0.15) is 0 Å². The molecule has 148 valence electrons. The van der Waals surface area contributed by atoms with E-state index in [2.05, 4.69) is 5.32 Å². The Morgan fingerprint density at radius 3 is 2.48 bits per heavy atom. The number of amides is 1. The molecular formula is C22H19NO6. The Labute approximate surface area is 167 Å². The van der Waals surface area contributed by atoms with Crippen LogP contribution in [0.3, 0.4) is 0 Å². The van der Waals surface area contributed by atoms with Crippen molar-refractivity contribution in [1.29, 1.82) is 0 Å². The number of carbonyl (C=O) groups is 3. The summed E-state index contributed by atoms with van der Waals surface area (Å²) in [4.78, 5) is 35.0. The summed E-state index contributed by atoms with van der Waals surface area (Å²) in [5, 5.41) is 2.66. The monoisotopic (exact) mass is 393 g/mol. The van der Waals surface area contributed by atoms with Crippen LogP contribution in [0.15, 0.2) is 65.1 Å². The van der Waals surface area contributed by atoms with E-state index in [1.807, 2.05) is 6.92 Å². The summed E-state index contributed by atoms with van der Waals surface area (Å²) in [6, 6.07) is 16.7. The number of hydrogen-bond acceptors (Lipinski definition) is 6. The molecule has 0 spiro atoms. The molecule has 0 atom stereocenters. The predicted octanol–water partition coefficient (Wildman–Crippen LogP) is 3.95. The lowest BCUT2D eigenvalue weighted by Crippen LogP contribution is -2.21. The van der Waals surface area contributed by atoms with Crippen molar-refractivity contribution < 1.29 is 28.3 Å². The zero-order valence-corrected chi connectivity index (χ0v) is 15.7. The SMILES string of the molecule is CCOc1ccccc1NC(=O)COC(=O)c1ccc(-c2ccc(C=O)o2)cc1. The number of nitrogens with one attached hydrogen (secondary N) is 1. The molecule has 1 N–H and O–H groups in total. The van der Waals surface area contributed by atoms with Crippen LogP contribution in [-0.4, -0.2) is 31.4 Å². The molecule has 0 saturated carbocycles. The molecule has 0 aliphatic carbocycles. The normalized spacial score (nSPS) is 10.2. The number of para-hydroxylation sites is 2. The topological polar surface area (TPSA) is 94.8 Å². The van der Waals surface area contributed by atoms with Gasteiger partial charge in [0.05, 0.1) is 17.9 Å². The van der Waals surface area contributed by atoms with E-state index in [4.69, 9.17) is 13.9 Å². The first-order valence-electron chi connectivity index (χ1n) is 8.95. The third-order valence-corrected chi connectivity index (χ3v) is 3.94. The average molecular weight is 393 g/mol. The zero-order chi connectivity index (χ0) is 20.6. The van der Waals surface area contributed by atoms with Crippen LogP contribution in [0.1, 0.15) is 27.8 Å². The van der Waals surface area contributed by atoms with Crippen LogP contribution in [0.4, 0.5) is 5.69 Å². The first-order valence-corrected chi connectivity index (χ1v) is 8.95. The van der Waals surface area contributed by atoms with Crippen LogP contribution >= 0.6 is 0 Å². The number of aldehydes is 1. The molecule has 3 aromatic rings. The van der Waals surface area contributed by atoms with E-state index in [-0.39, 0.29) is 5.76 Å². The number of anilines is 1. The molecule has 2 aromatic carbocycles. The summed E-state index contributed by atoms with van der Waals surface area (Å²) < 4.78 is 15.8. The first-order chi connectivity index (χ1) is 14.1. The number of hydrogen-bond donors (Lipinski definition) is 1. The molecular weight excluding hydrogens is 374 g/mol. The van der Waals surface area contributed by atoms with Gasteiger partial charge in [0, 0.05) is 5.56 Å². The zero-order valence-electron chi connectivity index (χ0n) is 15.7. The Hall–Kier alpha value is -3.87. The van der Waals surface area contributed by atoms with Crippen LogP contribution < -0.4 is 10.1 Å². The molecule has 0 aliphatic heterocycles. The molecule has 1 heterocycles. The number of carbonyl (C=O) groups excluding carboxylic acids is 3. The number of rotatable bonds is 8. The van der Waals surface area contributed by atoms with Crippen LogP contribution in [0, 0.1) is 0 Å². The lowest BCUT2D eigenvalue weighted by atomic mass is 10.1. The number of ether oxygens (including phenoxy) is 2. The molecule has 0 saturated heterocycles. The van der Waals surface area contributed by atoms with Crippen LogP contribution in [0.5, 0.6) is 5.75 Å². The Bertz CT molecular complexity index is 1010. The highest BCUT2D eigenvalue weighted by Crippen LogP contribution is 2.24. The minimum Gasteiger partial charge on any atom is -0.492 e. The minimum atomic E-state index is -0.627. The van der Waals surface area contributed by atoms with E-state index in [1.54, 1.807) is 60.7 Å². The maximum atomic E-state index is 12.2.